The molecule has 0 fully saturated rings. The van der Waals surface area contributed by atoms with Crippen molar-refractivity contribution < 1.29 is 4.79 Å². The highest BCUT2D eigenvalue weighted by atomic mass is 79.9. The second-order valence-corrected chi connectivity index (χ2v) is 5.65. The van der Waals surface area contributed by atoms with Crippen molar-refractivity contribution in [2.24, 2.45) is 0 Å². The Hall–Kier alpha value is 0.630. The molecule has 0 aromatic heterocycles. The van der Waals surface area contributed by atoms with Crippen molar-refractivity contribution in [3.05, 3.63) is 0 Å². The van der Waals surface area contributed by atoms with E-state index in [1.54, 1.807) is 0 Å². The van der Waals surface area contributed by atoms with Gasteiger partial charge >= 0.3 is 0 Å². The van der Waals surface area contributed by atoms with E-state index in [9.17, 15) is 4.79 Å². The molecule has 0 aliphatic carbocycles. The summed E-state index contributed by atoms with van der Waals surface area (Å²) in [5, 5.41) is 1.15. The standard InChI is InChI=1S/C12H22Br2O/c13-11-9-7-5-3-1-2-4-6-8-10-12(14)15/h1-11H2. The Morgan fingerprint density at radius 2 is 1.13 bits per heavy atom. The summed E-state index contributed by atoms with van der Waals surface area (Å²) in [5.41, 5.74) is 0. The number of unbranched alkanes of at least 4 members (excludes halogenated alkanes) is 8. The summed E-state index contributed by atoms with van der Waals surface area (Å²) in [6, 6.07) is 0. The fourth-order valence-corrected chi connectivity index (χ4v) is 2.27. The first kappa shape index (κ1) is 15.6. The molecule has 15 heavy (non-hydrogen) atoms. The molecule has 0 N–H and O–H groups in total. The maximum absolute atomic E-state index is 10.6. The van der Waals surface area contributed by atoms with Gasteiger partial charge < -0.3 is 0 Å². The minimum Gasteiger partial charge on any atom is -0.287 e. The van der Waals surface area contributed by atoms with Gasteiger partial charge in [0, 0.05) is 11.8 Å². The molecule has 0 bridgehead atoms. The maximum atomic E-state index is 10.6. The third kappa shape index (κ3) is 14.6. The molecule has 0 aliphatic heterocycles. The Bertz CT molecular complexity index is 149. The minimum absolute atomic E-state index is 0.150. The molecule has 1 nitrogen and oxygen atoms in total. The lowest BCUT2D eigenvalue weighted by Crippen LogP contribution is -1.86. The molecule has 0 saturated heterocycles. The zero-order valence-corrected chi connectivity index (χ0v) is 12.6. The van der Waals surface area contributed by atoms with Gasteiger partial charge in [-0.05, 0) is 28.8 Å². The summed E-state index contributed by atoms with van der Waals surface area (Å²) in [6.07, 6.45) is 12.4. The van der Waals surface area contributed by atoms with Gasteiger partial charge in [-0.15, -0.1) is 0 Å². The molecule has 0 amide bonds. The number of rotatable bonds is 11. The highest BCUT2D eigenvalue weighted by Crippen LogP contribution is 2.11. The Kier molecular flexibility index (Phi) is 13.2. The molecule has 0 aromatic carbocycles. The van der Waals surface area contributed by atoms with E-state index < -0.39 is 0 Å². The lowest BCUT2D eigenvalue weighted by atomic mass is 10.1. The highest BCUT2D eigenvalue weighted by molar-refractivity contribution is 9.18. The Labute approximate surface area is 111 Å². The number of hydrogen-bond donors (Lipinski definition) is 0. The van der Waals surface area contributed by atoms with E-state index in [1.165, 1.54) is 51.4 Å². The van der Waals surface area contributed by atoms with Crippen LogP contribution in [0.15, 0.2) is 0 Å². The van der Waals surface area contributed by atoms with Crippen LogP contribution in [0, 0.1) is 0 Å². The Morgan fingerprint density at radius 3 is 1.53 bits per heavy atom. The molecule has 0 unspecified atom stereocenters. The molecule has 90 valence electrons. The van der Waals surface area contributed by atoms with Crippen molar-refractivity contribution in [1.29, 1.82) is 0 Å². The first-order valence-corrected chi connectivity index (χ1v) is 7.93. The average molecular weight is 342 g/mol. The Balaban J connectivity index is 2.89. The van der Waals surface area contributed by atoms with Crippen LogP contribution in [-0.2, 0) is 4.79 Å². The van der Waals surface area contributed by atoms with Gasteiger partial charge in [0.2, 0.25) is 0 Å². The van der Waals surface area contributed by atoms with Crippen molar-refractivity contribution in [3.63, 3.8) is 0 Å². The summed E-state index contributed by atoms with van der Waals surface area (Å²) >= 11 is 6.39. The number of alkyl halides is 1. The molecule has 3 heteroatoms. The van der Waals surface area contributed by atoms with Crippen LogP contribution in [0.4, 0.5) is 0 Å². The molecule has 0 aromatic rings. The fraction of sp³-hybridized carbons (Fsp3) is 0.917. The minimum atomic E-state index is 0.150. The van der Waals surface area contributed by atoms with Crippen LogP contribution in [0.3, 0.4) is 0 Å². The van der Waals surface area contributed by atoms with E-state index in [0.717, 1.165) is 11.8 Å². The molecule has 0 saturated carbocycles. The summed E-state index contributed by atoms with van der Waals surface area (Å²) in [7, 11) is 0. The predicted octanol–water partition coefficient (Wildman–Crippen LogP) is 5.20. The third-order valence-electron chi connectivity index (χ3n) is 2.51. The molecular weight excluding hydrogens is 320 g/mol. The number of hydrogen-bond acceptors (Lipinski definition) is 1. The van der Waals surface area contributed by atoms with Gasteiger partial charge in [-0.1, -0.05) is 60.9 Å². The van der Waals surface area contributed by atoms with Gasteiger partial charge in [0.25, 0.3) is 0 Å². The number of carbonyl (C=O) groups is 1. The van der Waals surface area contributed by atoms with Gasteiger partial charge in [-0.25, -0.2) is 0 Å². The van der Waals surface area contributed by atoms with Crippen molar-refractivity contribution in [2.45, 2.75) is 64.2 Å². The fourth-order valence-electron chi connectivity index (χ4n) is 1.60. The molecule has 0 heterocycles. The normalized spacial score (nSPS) is 10.5. The van der Waals surface area contributed by atoms with Gasteiger partial charge in [0.15, 0.2) is 4.69 Å². The Morgan fingerprint density at radius 1 is 0.733 bits per heavy atom. The third-order valence-corrected chi connectivity index (χ3v) is 3.46. The SMILES string of the molecule is O=C(Br)CCCCCCCCCCCBr. The van der Waals surface area contributed by atoms with Crippen molar-refractivity contribution in [1.82, 2.24) is 0 Å². The highest BCUT2D eigenvalue weighted by Gasteiger charge is 1.95. The van der Waals surface area contributed by atoms with Crippen LogP contribution in [0.5, 0.6) is 0 Å². The van der Waals surface area contributed by atoms with E-state index in [4.69, 9.17) is 0 Å². The smallest absolute Gasteiger partial charge is 0.197 e. The molecule has 0 atom stereocenters. The second-order valence-electron chi connectivity index (χ2n) is 3.98. The van der Waals surface area contributed by atoms with Crippen LogP contribution < -0.4 is 0 Å². The van der Waals surface area contributed by atoms with Gasteiger partial charge in [0.1, 0.15) is 0 Å². The lowest BCUT2D eigenvalue weighted by Gasteiger charge is -2.00. The number of carbonyl (C=O) groups excluding carboxylic acids is 1. The summed E-state index contributed by atoms with van der Waals surface area (Å²) in [5.74, 6) is 0. The van der Waals surface area contributed by atoms with Crippen molar-refractivity contribution >= 4 is 36.6 Å². The zero-order valence-electron chi connectivity index (χ0n) is 9.44. The van der Waals surface area contributed by atoms with Crippen molar-refractivity contribution in [2.75, 3.05) is 5.33 Å². The topological polar surface area (TPSA) is 17.1 Å². The van der Waals surface area contributed by atoms with Crippen molar-refractivity contribution in [3.8, 4) is 0 Å². The molecule has 0 rings (SSSR count). The van der Waals surface area contributed by atoms with E-state index in [-0.39, 0.29) is 4.69 Å². The van der Waals surface area contributed by atoms with Gasteiger partial charge in [-0.3, -0.25) is 4.79 Å². The number of halogens is 2. The van der Waals surface area contributed by atoms with E-state index in [0.29, 0.717) is 6.42 Å². The van der Waals surface area contributed by atoms with Crippen LogP contribution in [-0.4, -0.2) is 10.0 Å². The zero-order chi connectivity index (χ0) is 11.4. The monoisotopic (exact) mass is 340 g/mol. The van der Waals surface area contributed by atoms with E-state index in [2.05, 4.69) is 31.9 Å². The quantitative estimate of drug-likeness (QED) is 0.286. The van der Waals surface area contributed by atoms with Crippen LogP contribution in [0.2, 0.25) is 0 Å². The van der Waals surface area contributed by atoms with Crippen LogP contribution >= 0.6 is 31.9 Å². The molecule has 0 radical (unpaired) electrons. The first-order chi connectivity index (χ1) is 7.27. The van der Waals surface area contributed by atoms with Gasteiger partial charge in [0.05, 0.1) is 0 Å². The van der Waals surface area contributed by atoms with E-state index in [1.807, 2.05) is 0 Å². The summed E-state index contributed by atoms with van der Waals surface area (Å²) in [6.45, 7) is 0. The van der Waals surface area contributed by atoms with Gasteiger partial charge in [-0.2, -0.15) is 0 Å². The molecule has 0 aliphatic rings. The second kappa shape index (κ2) is 12.7. The van der Waals surface area contributed by atoms with Crippen LogP contribution in [0.25, 0.3) is 0 Å². The summed E-state index contributed by atoms with van der Waals surface area (Å²) < 4.78 is 0.150. The molecular formula is C12H22Br2O. The largest absolute Gasteiger partial charge is 0.287 e. The predicted molar refractivity (Wildman–Crippen MR) is 73.9 cm³/mol. The molecule has 0 spiro atoms. The van der Waals surface area contributed by atoms with Crippen LogP contribution in [0.1, 0.15) is 64.2 Å². The maximum Gasteiger partial charge on any atom is 0.197 e. The first-order valence-electron chi connectivity index (χ1n) is 6.01. The average Bonchev–Trinajstić information content (AvgIpc) is 2.20. The lowest BCUT2D eigenvalue weighted by molar-refractivity contribution is -0.110. The summed E-state index contributed by atoms with van der Waals surface area (Å²) in [4.78, 5) is 10.6. The van der Waals surface area contributed by atoms with E-state index >= 15 is 0 Å².